The number of ketones is 1. The first kappa shape index (κ1) is 15.7. The van der Waals surface area contributed by atoms with E-state index in [1.807, 2.05) is 31.2 Å². The Morgan fingerprint density at radius 2 is 1.94 bits per heavy atom. The van der Waals surface area contributed by atoms with Crippen LogP contribution in [-0.4, -0.2) is 28.0 Å². The van der Waals surface area contributed by atoms with E-state index in [4.69, 9.17) is 0 Å². The van der Waals surface area contributed by atoms with Crippen LogP contribution in [0.4, 0.5) is 0 Å². The summed E-state index contributed by atoms with van der Waals surface area (Å²) in [6, 6.07) is 7.46. The summed E-state index contributed by atoms with van der Waals surface area (Å²) in [5.74, 6) is 1.10. The smallest absolute Gasteiger partial charge is 0.162 e. The van der Waals surface area contributed by atoms with Crippen LogP contribution in [0.2, 0.25) is 0 Å². The number of aliphatic hydroxyl groups excluding tert-OH is 1. The van der Waals surface area contributed by atoms with Crippen LogP contribution in [0.25, 0.3) is 0 Å². The standard InChI is InChI=1S/C14H19BrO2S/c1-10(16)11(2)18-9-3-4-14(17)12-5-7-13(15)8-6-12/h5-8,10-11,16H,3-4,9H2,1-2H3. The molecule has 0 saturated heterocycles. The molecule has 2 nitrogen and oxygen atoms in total. The minimum atomic E-state index is -0.294. The van der Waals surface area contributed by atoms with Crippen molar-refractivity contribution in [1.82, 2.24) is 0 Å². The molecule has 2 unspecified atom stereocenters. The van der Waals surface area contributed by atoms with Crippen LogP contribution >= 0.6 is 27.7 Å². The third-order valence-electron chi connectivity index (χ3n) is 2.77. The van der Waals surface area contributed by atoms with E-state index in [0.29, 0.717) is 6.42 Å². The van der Waals surface area contributed by atoms with Crippen molar-refractivity contribution < 1.29 is 9.90 Å². The van der Waals surface area contributed by atoms with E-state index < -0.39 is 0 Å². The first-order valence-corrected chi connectivity index (χ1v) is 7.93. The fraction of sp³-hybridized carbons (Fsp3) is 0.500. The van der Waals surface area contributed by atoms with Gasteiger partial charge in [-0.15, -0.1) is 0 Å². The molecule has 0 aliphatic rings. The monoisotopic (exact) mass is 330 g/mol. The number of Topliss-reactive ketones (excluding diaryl/α,β-unsaturated/α-hetero) is 1. The Balaban J connectivity index is 2.27. The van der Waals surface area contributed by atoms with Crippen LogP contribution in [0, 0.1) is 0 Å². The van der Waals surface area contributed by atoms with Crippen LogP contribution in [0.3, 0.4) is 0 Å². The molecule has 0 amide bonds. The van der Waals surface area contributed by atoms with Gasteiger partial charge in [-0.1, -0.05) is 35.0 Å². The molecule has 0 radical (unpaired) electrons. The lowest BCUT2D eigenvalue weighted by Crippen LogP contribution is -2.15. The number of thioether (sulfide) groups is 1. The second-order valence-electron chi connectivity index (χ2n) is 4.35. The maximum absolute atomic E-state index is 11.9. The molecule has 0 fully saturated rings. The maximum atomic E-state index is 11.9. The highest BCUT2D eigenvalue weighted by Crippen LogP contribution is 2.17. The average Bonchev–Trinajstić information content (AvgIpc) is 2.34. The van der Waals surface area contributed by atoms with Crippen LogP contribution in [-0.2, 0) is 0 Å². The molecule has 0 bridgehead atoms. The molecule has 2 atom stereocenters. The highest BCUT2D eigenvalue weighted by atomic mass is 79.9. The summed E-state index contributed by atoms with van der Waals surface area (Å²) in [6.07, 6.45) is 1.13. The van der Waals surface area contributed by atoms with E-state index in [-0.39, 0.29) is 17.1 Å². The van der Waals surface area contributed by atoms with Gasteiger partial charge in [-0.3, -0.25) is 4.79 Å². The van der Waals surface area contributed by atoms with Gasteiger partial charge in [0, 0.05) is 21.7 Å². The van der Waals surface area contributed by atoms with Crippen molar-refractivity contribution in [1.29, 1.82) is 0 Å². The lowest BCUT2D eigenvalue weighted by Gasteiger charge is -2.13. The van der Waals surface area contributed by atoms with Crippen LogP contribution in [0.5, 0.6) is 0 Å². The molecule has 1 aromatic carbocycles. The summed E-state index contributed by atoms with van der Waals surface area (Å²) in [7, 11) is 0. The molecular formula is C14H19BrO2S. The number of hydrogen-bond acceptors (Lipinski definition) is 3. The lowest BCUT2D eigenvalue weighted by atomic mass is 10.1. The maximum Gasteiger partial charge on any atom is 0.162 e. The van der Waals surface area contributed by atoms with E-state index in [9.17, 15) is 9.90 Å². The fourth-order valence-corrected chi connectivity index (χ4v) is 2.65. The number of benzene rings is 1. The molecule has 1 N–H and O–H groups in total. The Morgan fingerprint density at radius 1 is 1.33 bits per heavy atom. The molecule has 0 spiro atoms. The summed E-state index contributed by atoms with van der Waals surface area (Å²) >= 11 is 5.06. The van der Waals surface area contributed by atoms with E-state index in [2.05, 4.69) is 15.9 Å². The Morgan fingerprint density at radius 3 is 2.50 bits per heavy atom. The van der Waals surface area contributed by atoms with E-state index >= 15 is 0 Å². The first-order valence-electron chi connectivity index (χ1n) is 6.09. The van der Waals surface area contributed by atoms with Crippen molar-refractivity contribution >= 4 is 33.5 Å². The van der Waals surface area contributed by atoms with Gasteiger partial charge < -0.3 is 5.11 Å². The van der Waals surface area contributed by atoms with Gasteiger partial charge in [0.2, 0.25) is 0 Å². The van der Waals surface area contributed by atoms with E-state index in [1.165, 1.54) is 0 Å². The van der Waals surface area contributed by atoms with Gasteiger partial charge >= 0.3 is 0 Å². The third kappa shape index (κ3) is 5.55. The van der Waals surface area contributed by atoms with E-state index in [0.717, 1.165) is 22.2 Å². The summed E-state index contributed by atoms with van der Waals surface area (Å²) in [5, 5.41) is 9.57. The zero-order chi connectivity index (χ0) is 13.5. The Bertz CT molecular complexity index is 376. The van der Waals surface area contributed by atoms with Crippen molar-refractivity contribution in [2.75, 3.05) is 5.75 Å². The van der Waals surface area contributed by atoms with Crippen LogP contribution in [0.15, 0.2) is 28.7 Å². The molecule has 0 heterocycles. The minimum Gasteiger partial charge on any atom is -0.392 e. The molecular weight excluding hydrogens is 312 g/mol. The quantitative estimate of drug-likeness (QED) is 0.608. The predicted molar refractivity (Wildman–Crippen MR) is 81.3 cm³/mol. The summed E-state index contributed by atoms with van der Waals surface area (Å²) in [5.41, 5.74) is 0.770. The molecule has 1 aromatic rings. The van der Waals surface area contributed by atoms with Crippen molar-refractivity contribution in [2.45, 2.75) is 38.0 Å². The number of halogens is 1. The third-order valence-corrected chi connectivity index (χ3v) is 4.75. The largest absolute Gasteiger partial charge is 0.392 e. The van der Waals surface area contributed by atoms with Gasteiger partial charge in [0.1, 0.15) is 0 Å². The first-order chi connectivity index (χ1) is 8.50. The van der Waals surface area contributed by atoms with Gasteiger partial charge in [0.05, 0.1) is 6.10 Å². The summed E-state index contributed by atoms with van der Waals surface area (Å²) in [4.78, 5) is 11.9. The van der Waals surface area contributed by atoms with Crippen molar-refractivity contribution in [3.05, 3.63) is 34.3 Å². The van der Waals surface area contributed by atoms with Crippen molar-refractivity contribution in [3.8, 4) is 0 Å². The van der Waals surface area contributed by atoms with Gasteiger partial charge in [0.25, 0.3) is 0 Å². The van der Waals surface area contributed by atoms with Gasteiger partial charge in [-0.25, -0.2) is 0 Å². The second kappa shape index (κ2) is 7.97. The number of hydrogen-bond donors (Lipinski definition) is 1. The molecule has 0 aliphatic heterocycles. The van der Waals surface area contributed by atoms with E-state index in [1.54, 1.807) is 18.7 Å². The number of rotatable bonds is 7. The molecule has 0 saturated carbocycles. The van der Waals surface area contributed by atoms with Crippen LogP contribution in [0.1, 0.15) is 37.0 Å². The topological polar surface area (TPSA) is 37.3 Å². The summed E-state index contributed by atoms with van der Waals surface area (Å²) < 4.78 is 0.986. The lowest BCUT2D eigenvalue weighted by molar-refractivity contribution is 0.0982. The summed E-state index contributed by atoms with van der Waals surface area (Å²) in [6.45, 7) is 3.80. The molecule has 0 aromatic heterocycles. The van der Waals surface area contributed by atoms with Gasteiger partial charge in [-0.2, -0.15) is 11.8 Å². The molecule has 4 heteroatoms. The zero-order valence-corrected chi connectivity index (χ0v) is 13.1. The predicted octanol–water partition coefficient (Wildman–Crippen LogP) is 3.91. The van der Waals surface area contributed by atoms with Crippen LogP contribution < -0.4 is 0 Å². The highest BCUT2D eigenvalue weighted by molar-refractivity contribution is 9.10. The normalized spacial score (nSPS) is 14.2. The Hall–Kier alpha value is -0.320. The van der Waals surface area contributed by atoms with Crippen molar-refractivity contribution in [2.24, 2.45) is 0 Å². The second-order valence-corrected chi connectivity index (χ2v) is 6.75. The molecule has 0 aliphatic carbocycles. The molecule has 1 rings (SSSR count). The Labute approximate surface area is 121 Å². The molecule has 100 valence electrons. The fourth-order valence-electron chi connectivity index (χ4n) is 1.42. The minimum absolute atomic E-state index is 0.188. The number of carbonyl (C=O) groups is 1. The average molecular weight is 331 g/mol. The Kier molecular flexibility index (Phi) is 6.97. The number of carbonyl (C=O) groups excluding carboxylic acids is 1. The van der Waals surface area contributed by atoms with Gasteiger partial charge in [0.15, 0.2) is 5.78 Å². The van der Waals surface area contributed by atoms with Crippen molar-refractivity contribution in [3.63, 3.8) is 0 Å². The highest BCUT2D eigenvalue weighted by Gasteiger charge is 2.10. The molecule has 18 heavy (non-hydrogen) atoms. The number of aliphatic hydroxyl groups is 1. The zero-order valence-electron chi connectivity index (χ0n) is 10.7. The SMILES string of the molecule is CC(O)C(C)SCCCC(=O)c1ccc(Br)cc1. The van der Waals surface area contributed by atoms with Gasteiger partial charge in [-0.05, 0) is 31.2 Å².